The highest BCUT2D eigenvalue weighted by atomic mass is 15.3. The van der Waals surface area contributed by atoms with Crippen molar-refractivity contribution in [3.8, 4) is 0 Å². The van der Waals surface area contributed by atoms with E-state index in [-0.39, 0.29) is 6.04 Å². The lowest BCUT2D eigenvalue weighted by atomic mass is 9.75. The summed E-state index contributed by atoms with van der Waals surface area (Å²) in [6.07, 6.45) is 5.27. The molecule has 0 radical (unpaired) electrons. The second-order valence-electron chi connectivity index (χ2n) is 5.42. The highest BCUT2D eigenvalue weighted by molar-refractivity contribution is 5.26. The summed E-state index contributed by atoms with van der Waals surface area (Å²) in [6, 6.07) is 0.175. The first kappa shape index (κ1) is 10.7. The van der Waals surface area contributed by atoms with Crippen molar-refractivity contribution < 1.29 is 0 Å². The van der Waals surface area contributed by atoms with Gasteiger partial charge in [0.25, 0.3) is 0 Å². The number of aryl methyl sites for hydroxylation is 1. The Kier molecular flexibility index (Phi) is 2.59. The third-order valence-electron chi connectivity index (χ3n) is 3.23. The summed E-state index contributed by atoms with van der Waals surface area (Å²) in [5, 5.41) is 4.44. The Labute approximate surface area is 91.7 Å². The molecule has 0 saturated heterocycles. The van der Waals surface area contributed by atoms with Crippen molar-refractivity contribution in [2.75, 3.05) is 0 Å². The Balaban J connectivity index is 2.36. The van der Waals surface area contributed by atoms with E-state index in [0.29, 0.717) is 5.41 Å². The lowest BCUT2D eigenvalue weighted by Gasteiger charge is -2.33. The van der Waals surface area contributed by atoms with Crippen LogP contribution in [0.4, 0.5) is 0 Å². The Hall–Kier alpha value is -0.830. The number of nitrogens with two attached hydrogens (primary N) is 1. The molecule has 3 heteroatoms. The molecule has 1 aromatic heterocycles. The molecule has 1 aliphatic rings. The fourth-order valence-corrected chi connectivity index (χ4v) is 2.56. The summed E-state index contributed by atoms with van der Waals surface area (Å²) in [4.78, 5) is 0. The van der Waals surface area contributed by atoms with Crippen LogP contribution in [-0.2, 0) is 13.0 Å². The number of nitrogens with zero attached hydrogens (tertiary/aromatic N) is 2. The summed E-state index contributed by atoms with van der Waals surface area (Å²) in [5.41, 5.74) is 9.12. The van der Waals surface area contributed by atoms with Crippen molar-refractivity contribution in [3.05, 3.63) is 17.5 Å². The lowest BCUT2D eigenvalue weighted by Crippen LogP contribution is -2.30. The molecule has 15 heavy (non-hydrogen) atoms. The van der Waals surface area contributed by atoms with Gasteiger partial charge in [0, 0.05) is 23.8 Å². The Bertz CT molecular complexity index is 352. The van der Waals surface area contributed by atoms with E-state index in [0.717, 1.165) is 25.8 Å². The van der Waals surface area contributed by atoms with Gasteiger partial charge in [-0.25, -0.2) is 0 Å². The minimum atomic E-state index is 0.175. The van der Waals surface area contributed by atoms with Crippen LogP contribution >= 0.6 is 0 Å². The zero-order chi connectivity index (χ0) is 11.1. The van der Waals surface area contributed by atoms with Gasteiger partial charge in [-0.2, -0.15) is 5.10 Å². The van der Waals surface area contributed by atoms with E-state index in [1.165, 1.54) is 11.3 Å². The first-order chi connectivity index (χ1) is 7.03. The van der Waals surface area contributed by atoms with Crippen molar-refractivity contribution in [3.63, 3.8) is 0 Å². The quantitative estimate of drug-likeness (QED) is 0.808. The standard InChI is InChI=1S/C12H21N3/c1-4-5-15-11-7-12(2,3)6-10(13)9(11)8-14-15/h8,10H,4-7,13H2,1-3H3. The molecule has 3 nitrogen and oxygen atoms in total. The highest BCUT2D eigenvalue weighted by Crippen LogP contribution is 2.39. The molecule has 0 amide bonds. The molecule has 0 fully saturated rings. The SMILES string of the molecule is CCCn1ncc2c1CC(C)(C)CC2N. The minimum absolute atomic E-state index is 0.175. The Morgan fingerprint density at radius 1 is 1.60 bits per heavy atom. The molecule has 1 aromatic rings. The summed E-state index contributed by atoms with van der Waals surface area (Å²) >= 11 is 0. The van der Waals surface area contributed by atoms with Crippen LogP contribution in [0.3, 0.4) is 0 Å². The van der Waals surface area contributed by atoms with E-state index in [9.17, 15) is 0 Å². The molecule has 2 rings (SSSR count). The third kappa shape index (κ3) is 1.93. The van der Waals surface area contributed by atoms with E-state index in [1.807, 2.05) is 6.20 Å². The third-order valence-corrected chi connectivity index (χ3v) is 3.23. The van der Waals surface area contributed by atoms with Gasteiger partial charge in [-0.1, -0.05) is 20.8 Å². The smallest absolute Gasteiger partial charge is 0.0540 e. The monoisotopic (exact) mass is 207 g/mol. The molecule has 2 N–H and O–H groups in total. The Morgan fingerprint density at radius 2 is 2.33 bits per heavy atom. The van der Waals surface area contributed by atoms with Crippen LogP contribution in [0.5, 0.6) is 0 Å². The topological polar surface area (TPSA) is 43.8 Å². The summed E-state index contributed by atoms with van der Waals surface area (Å²) < 4.78 is 2.14. The highest BCUT2D eigenvalue weighted by Gasteiger charge is 2.32. The normalized spacial score (nSPS) is 23.9. The zero-order valence-corrected chi connectivity index (χ0v) is 9.95. The van der Waals surface area contributed by atoms with E-state index >= 15 is 0 Å². The van der Waals surface area contributed by atoms with Crippen LogP contribution in [-0.4, -0.2) is 9.78 Å². The molecule has 0 saturated carbocycles. The van der Waals surface area contributed by atoms with Gasteiger partial charge in [-0.05, 0) is 24.7 Å². The first-order valence-electron chi connectivity index (χ1n) is 5.83. The van der Waals surface area contributed by atoms with Crippen molar-refractivity contribution in [2.24, 2.45) is 11.1 Å². The average molecular weight is 207 g/mol. The van der Waals surface area contributed by atoms with Crippen molar-refractivity contribution in [1.29, 1.82) is 0 Å². The largest absolute Gasteiger partial charge is 0.324 e. The van der Waals surface area contributed by atoms with Gasteiger partial charge in [0.2, 0.25) is 0 Å². The number of rotatable bonds is 2. The van der Waals surface area contributed by atoms with Gasteiger partial charge in [-0.3, -0.25) is 4.68 Å². The lowest BCUT2D eigenvalue weighted by molar-refractivity contribution is 0.273. The van der Waals surface area contributed by atoms with Gasteiger partial charge >= 0.3 is 0 Å². The predicted octanol–water partition coefficient (Wildman–Crippen LogP) is 2.27. The maximum Gasteiger partial charge on any atom is 0.0540 e. The number of hydrogen-bond acceptors (Lipinski definition) is 2. The van der Waals surface area contributed by atoms with Crippen LogP contribution in [0.25, 0.3) is 0 Å². The van der Waals surface area contributed by atoms with Gasteiger partial charge in [0.1, 0.15) is 0 Å². The molecule has 0 spiro atoms. The zero-order valence-electron chi connectivity index (χ0n) is 9.95. The number of aromatic nitrogens is 2. The second kappa shape index (κ2) is 3.63. The van der Waals surface area contributed by atoms with Crippen molar-refractivity contribution >= 4 is 0 Å². The van der Waals surface area contributed by atoms with Gasteiger partial charge < -0.3 is 5.73 Å². The van der Waals surface area contributed by atoms with Crippen LogP contribution in [0.2, 0.25) is 0 Å². The summed E-state index contributed by atoms with van der Waals surface area (Å²) in [7, 11) is 0. The van der Waals surface area contributed by atoms with E-state index in [1.54, 1.807) is 0 Å². The molecule has 1 aliphatic carbocycles. The number of fused-ring (bicyclic) bond motifs is 1. The van der Waals surface area contributed by atoms with E-state index in [2.05, 4.69) is 30.6 Å². The van der Waals surface area contributed by atoms with Gasteiger partial charge in [-0.15, -0.1) is 0 Å². The molecular formula is C12H21N3. The summed E-state index contributed by atoms with van der Waals surface area (Å²) in [5.74, 6) is 0. The first-order valence-corrected chi connectivity index (χ1v) is 5.83. The maximum atomic E-state index is 6.18. The fourth-order valence-electron chi connectivity index (χ4n) is 2.56. The summed E-state index contributed by atoms with van der Waals surface area (Å²) in [6.45, 7) is 7.78. The molecule has 0 aromatic carbocycles. The van der Waals surface area contributed by atoms with Crippen LogP contribution in [0.15, 0.2) is 6.20 Å². The van der Waals surface area contributed by atoms with Gasteiger partial charge in [0.15, 0.2) is 0 Å². The molecule has 84 valence electrons. The maximum absolute atomic E-state index is 6.18. The van der Waals surface area contributed by atoms with Crippen LogP contribution in [0, 0.1) is 5.41 Å². The minimum Gasteiger partial charge on any atom is -0.324 e. The number of hydrogen-bond donors (Lipinski definition) is 1. The molecule has 1 unspecified atom stereocenters. The van der Waals surface area contributed by atoms with E-state index in [4.69, 9.17) is 5.73 Å². The van der Waals surface area contributed by atoms with Crippen LogP contribution < -0.4 is 5.73 Å². The van der Waals surface area contributed by atoms with Gasteiger partial charge in [0.05, 0.1) is 6.20 Å². The Morgan fingerprint density at radius 3 is 3.00 bits per heavy atom. The van der Waals surface area contributed by atoms with E-state index < -0.39 is 0 Å². The van der Waals surface area contributed by atoms with Crippen LogP contribution in [0.1, 0.15) is 50.9 Å². The predicted molar refractivity (Wildman–Crippen MR) is 61.5 cm³/mol. The fraction of sp³-hybridized carbons (Fsp3) is 0.750. The van der Waals surface area contributed by atoms with Crippen molar-refractivity contribution in [2.45, 2.75) is 52.6 Å². The van der Waals surface area contributed by atoms with Crippen molar-refractivity contribution in [1.82, 2.24) is 9.78 Å². The molecule has 0 bridgehead atoms. The molecule has 1 heterocycles. The molecule has 1 atom stereocenters. The average Bonchev–Trinajstić information content (AvgIpc) is 2.47. The second-order valence-corrected chi connectivity index (χ2v) is 5.42. The molecular weight excluding hydrogens is 186 g/mol. The molecule has 0 aliphatic heterocycles.